The molecule has 0 saturated heterocycles. The highest BCUT2D eigenvalue weighted by Crippen LogP contribution is 2.18. The van der Waals surface area contributed by atoms with Crippen LogP contribution in [-0.4, -0.2) is 19.7 Å². The molecule has 0 aliphatic heterocycles. The third-order valence-corrected chi connectivity index (χ3v) is 2.24. The highest BCUT2D eigenvalue weighted by Gasteiger charge is 2.00. The molecule has 0 aliphatic carbocycles. The fraction of sp³-hybridized carbons (Fsp3) is 0.500. The van der Waals surface area contributed by atoms with Crippen molar-refractivity contribution in [2.45, 2.75) is 19.3 Å². The van der Waals surface area contributed by atoms with Crippen LogP contribution in [0.25, 0.3) is 0 Å². The van der Waals surface area contributed by atoms with Gasteiger partial charge in [0.05, 0.1) is 6.61 Å². The van der Waals surface area contributed by atoms with Gasteiger partial charge in [-0.25, -0.2) is 0 Å². The van der Waals surface area contributed by atoms with E-state index in [1.807, 2.05) is 18.2 Å². The Morgan fingerprint density at radius 3 is 2.53 bits per heavy atom. The lowest BCUT2D eigenvalue weighted by molar-refractivity contribution is 0.305. The van der Waals surface area contributed by atoms with E-state index >= 15 is 0 Å². The summed E-state index contributed by atoms with van der Waals surface area (Å²) < 4.78 is 5.68. The summed E-state index contributed by atoms with van der Waals surface area (Å²) in [6.45, 7) is 2.12. The lowest BCUT2D eigenvalue weighted by Gasteiger charge is -2.10. The maximum atomic E-state index is 5.68. The van der Waals surface area contributed by atoms with E-state index in [4.69, 9.17) is 16.2 Å². The molecule has 0 atom stereocenters. The number of ether oxygens (including phenoxy) is 1. The van der Waals surface area contributed by atoms with Crippen LogP contribution in [0.1, 0.15) is 18.4 Å². The summed E-state index contributed by atoms with van der Waals surface area (Å²) in [7, 11) is 0. The number of nitrogens with two attached hydrogens (primary N) is 2. The summed E-state index contributed by atoms with van der Waals surface area (Å²) in [5.41, 5.74) is 12.1. The first-order chi connectivity index (χ1) is 7.38. The summed E-state index contributed by atoms with van der Waals surface area (Å²) in [5.74, 6) is 0.958. The molecule has 84 valence electrons. The van der Waals surface area contributed by atoms with Crippen LogP contribution in [-0.2, 0) is 6.42 Å². The molecule has 1 aromatic rings. The zero-order chi connectivity index (χ0) is 10.9. The van der Waals surface area contributed by atoms with Gasteiger partial charge in [-0.2, -0.15) is 0 Å². The lowest BCUT2D eigenvalue weighted by Crippen LogP contribution is -2.07. The molecule has 3 nitrogen and oxygen atoms in total. The predicted octanol–water partition coefficient (Wildman–Crippen LogP) is 1.31. The first-order valence-corrected chi connectivity index (χ1v) is 5.49. The fourth-order valence-electron chi connectivity index (χ4n) is 1.44. The molecule has 3 heteroatoms. The minimum atomic E-state index is 0.656. The molecule has 0 bridgehead atoms. The largest absolute Gasteiger partial charge is 0.493 e. The van der Waals surface area contributed by atoms with Crippen molar-refractivity contribution < 1.29 is 4.74 Å². The lowest BCUT2D eigenvalue weighted by atomic mass is 10.1. The minimum Gasteiger partial charge on any atom is -0.493 e. The van der Waals surface area contributed by atoms with E-state index in [0.717, 1.165) is 38.2 Å². The Kier molecular flexibility index (Phi) is 5.81. The Bertz CT molecular complexity index is 276. The minimum absolute atomic E-state index is 0.656. The molecule has 4 N–H and O–H groups in total. The van der Waals surface area contributed by atoms with Gasteiger partial charge in [-0.1, -0.05) is 18.2 Å². The van der Waals surface area contributed by atoms with Crippen LogP contribution in [0.3, 0.4) is 0 Å². The van der Waals surface area contributed by atoms with E-state index in [-0.39, 0.29) is 0 Å². The average Bonchev–Trinajstić information content (AvgIpc) is 2.27. The molecule has 1 aromatic carbocycles. The van der Waals surface area contributed by atoms with E-state index in [0.29, 0.717) is 6.54 Å². The third-order valence-electron chi connectivity index (χ3n) is 2.24. The molecule has 0 amide bonds. The van der Waals surface area contributed by atoms with Gasteiger partial charge in [-0.3, -0.25) is 0 Å². The number of benzene rings is 1. The van der Waals surface area contributed by atoms with E-state index in [1.165, 1.54) is 5.56 Å². The van der Waals surface area contributed by atoms with Crippen molar-refractivity contribution in [3.63, 3.8) is 0 Å². The SMILES string of the molecule is NCCCCOc1ccccc1CCN. The van der Waals surface area contributed by atoms with Gasteiger partial charge in [0, 0.05) is 0 Å². The van der Waals surface area contributed by atoms with Gasteiger partial charge in [-0.15, -0.1) is 0 Å². The van der Waals surface area contributed by atoms with E-state index in [1.54, 1.807) is 0 Å². The van der Waals surface area contributed by atoms with Crippen LogP contribution in [0.5, 0.6) is 5.75 Å². The highest BCUT2D eigenvalue weighted by atomic mass is 16.5. The smallest absolute Gasteiger partial charge is 0.122 e. The van der Waals surface area contributed by atoms with Crippen LogP contribution in [0.15, 0.2) is 24.3 Å². The topological polar surface area (TPSA) is 61.3 Å². The highest BCUT2D eigenvalue weighted by molar-refractivity contribution is 5.33. The van der Waals surface area contributed by atoms with Gasteiger partial charge in [0.15, 0.2) is 0 Å². The molecule has 0 radical (unpaired) electrons. The van der Waals surface area contributed by atoms with Crippen molar-refractivity contribution in [3.05, 3.63) is 29.8 Å². The molecule has 0 fully saturated rings. The monoisotopic (exact) mass is 208 g/mol. The van der Waals surface area contributed by atoms with Crippen molar-refractivity contribution in [3.8, 4) is 5.75 Å². The van der Waals surface area contributed by atoms with Crippen molar-refractivity contribution in [1.82, 2.24) is 0 Å². The standard InChI is InChI=1S/C12H20N2O/c13-8-3-4-10-15-12-6-2-1-5-11(12)7-9-14/h1-2,5-6H,3-4,7-10,13-14H2. The van der Waals surface area contributed by atoms with Crippen molar-refractivity contribution in [2.24, 2.45) is 11.5 Å². The molecule has 0 saturated carbocycles. The average molecular weight is 208 g/mol. The molecular weight excluding hydrogens is 188 g/mol. The predicted molar refractivity (Wildman–Crippen MR) is 63.0 cm³/mol. The van der Waals surface area contributed by atoms with Gasteiger partial charge in [-0.05, 0) is 44.0 Å². The van der Waals surface area contributed by atoms with Crippen LogP contribution in [0.4, 0.5) is 0 Å². The summed E-state index contributed by atoms with van der Waals surface area (Å²) >= 11 is 0. The van der Waals surface area contributed by atoms with Crippen molar-refractivity contribution >= 4 is 0 Å². The summed E-state index contributed by atoms with van der Waals surface area (Å²) in [6.07, 6.45) is 2.89. The van der Waals surface area contributed by atoms with Gasteiger partial charge in [0.1, 0.15) is 5.75 Å². The zero-order valence-corrected chi connectivity index (χ0v) is 9.11. The number of rotatable bonds is 7. The molecule has 0 aromatic heterocycles. The summed E-state index contributed by atoms with van der Waals surface area (Å²) in [5, 5.41) is 0. The normalized spacial score (nSPS) is 10.3. The first-order valence-electron chi connectivity index (χ1n) is 5.49. The van der Waals surface area contributed by atoms with Crippen molar-refractivity contribution in [2.75, 3.05) is 19.7 Å². The zero-order valence-electron chi connectivity index (χ0n) is 9.11. The second kappa shape index (κ2) is 7.26. The number of hydrogen-bond donors (Lipinski definition) is 2. The Morgan fingerprint density at radius 1 is 1.00 bits per heavy atom. The van der Waals surface area contributed by atoms with Crippen LogP contribution in [0.2, 0.25) is 0 Å². The van der Waals surface area contributed by atoms with Crippen LogP contribution < -0.4 is 16.2 Å². The number of hydrogen-bond acceptors (Lipinski definition) is 3. The van der Waals surface area contributed by atoms with E-state index in [2.05, 4.69) is 6.07 Å². The van der Waals surface area contributed by atoms with Gasteiger partial charge >= 0.3 is 0 Å². The van der Waals surface area contributed by atoms with Crippen molar-refractivity contribution in [1.29, 1.82) is 0 Å². The summed E-state index contributed by atoms with van der Waals surface area (Å²) in [4.78, 5) is 0. The molecule has 0 heterocycles. The van der Waals surface area contributed by atoms with Gasteiger partial charge < -0.3 is 16.2 Å². The molecule has 0 aliphatic rings. The molecule has 1 rings (SSSR count). The summed E-state index contributed by atoms with van der Waals surface area (Å²) in [6, 6.07) is 8.05. The second-order valence-corrected chi connectivity index (χ2v) is 3.49. The van der Waals surface area contributed by atoms with Crippen LogP contribution in [0, 0.1) is 0 Å². The fourth-order valence-corrected chi connectivity index (χ4v) is 1.44. The Hall–Kier alpha value is -1.06. The number of unbranched alkanes of at least 4 members (excludes halogenated alkanes) is 1. The molecular formula is C12H20N2O. The van der Waals surface area contributed by atoms with Gasteiger partial charge in [0.25, 0.3) is 0 Å². The third kappa shape index (κ3) is 4.32. The maximum Gasteiger partial charge on any atom is 0.122 e. The van der Waals surface area contributed by atoms with Gasteiger partial charge in [0.2, 0.25) is 0 Å². The van der Waals surface area contributed by atoms with Crippen LogP contribution >= 0.6 is 0 Å². The molecule has 0 spiro atoms. The Labute approximate surface area is 91.4 Å². The number of para-hydroxylation sites is 1. The quantitative estimate of drug-likeness (QED) is 0.664. The molecule has 0 unspecified atom stereocenters. The Morgan fingerprint density at radius 2 is 1.80 bits per heavy atom. The second-order valence-electron chi connectivity index (χ2n) is 3.49. The van der Waals surface area contributed by atoms with E-state index < -0.39 is 0 Å². The molecule has 15 heavy (non-hydrogen) atoms. The maximum absolute atomic E-state index is 5.68. The Balaban J connectivity index is 2.44. The van der Waals surface area contributed by atoms with E-state index in [9.17, 15) is 0 Å². The first kappa shape index (κ1) is 12.0.